The molecule has 1 aliphatic heterocycles. The van der Waals surface area contributed by atoms with Crippen LogP contribution in [0.4, 0.5) is 9.18 Å². The number of aryl methyl sites for hydroxylation is 1. The molecule has 0 unspecified atom stereocenters. The second-order valence-corrected chi connectivity index (χ2v) is 6.31. The third-order valence-corrected chi connectivity index (χ3v) is 4.35. The molecule has 0 bridgehead atoms. The number of aromatic amines is 1. The molecule has 1 aromatic heterocycles. The molecule has 1 fully saturated rings. The van der Waals surface area contributed by atoms with Gasteiger partial charge < -0.3 is 15.1 Å². The summed E-state index contributed by atoms with van der Waals surface area (Å²) in [6.45, 7) is 4.07. The van der Waals surface area contributed by atoms with E-state index in [0.29, 0.717) is 39.1 Å². The lowest BCUT2D eigenvalue weighted by atomic mass is 10.2. The Labute approximate surface area is 151 Å². The minimum atomic E-state index is -0.523. The summed E-state index contributed by atoms with van der Waals surface area (Å²) in [5.41, 5.74) is 1.77. The normalized spacial score (nSPS) is 14.8. The lowest BCUT2D eigenvalue weighted by Gasteiger charge is -2.22. The van der Waals surface area contributed by atoms with Crippen LogP contribution >= 0.6 is 0 Å². The van der Waals surface area contributed by atoms with Crippen molar-refractivity contribution in [1.82, 2.24) is 25.3 Å². The van der Waals surface area contributed by atoms with E-state index < -0.39 is 5.82 Å². The van der Waals surface area contributed by atoms with E-state index in [1.54, 1.807) is 21.9 Å². The van der Waals surface area contributed by atoms with Crippen molar-refractivity contribution in [3.05, 3.63) is 53.1 Å². The average molecular weight is 359 g/mol. The molecule has 3 rings (SSSR count). The monoisotopic (exact) mass is 359 g/mol. The highest BCUT2D eigenvalue weighted by atomic mass is 19.1. The van der Waals surface area contributed by atoms with Crippen molar-refractivity contribution in [3.8, 4) is 0 Å². The Kier molecular flexibility index (Phi) is 5.50. The molecule has 8 heteroatoms. The highest BCUT2D eigenvalue weighted by molar-refractivity contribution is 5.94. The number of halogens is 1. The zero-order valence-corrected chi connectivity index (χ0v) is 14.7. The third kappa shape index (κ3) is 4.19. The quantitative estimate of drug-likeness (QED) is 0.878. The fourth-order valence-electron chi connectivity index (χ4n) is 2.97. The summed E-state index contributed by atoms with van der Waals surface area (Å²) in [6, 6.07) is 7.65. The van der Waals surface area contributed by atoms with Crippen LogP contribution in [0.3, 0.4) is 0 Å². The number of carbonyl (C=O) groups is 2. The van der Waals surface area contributed by atoms with Crippen molar-refractivity contribution in [2.75, 3.05) is 26.2 Å². The van der Waals surface area contributed by atoms with Crippen molar-refractivity contribution < 1.29 is 14.0 Å². The van der Waals surface area contributed by atoms with Crippen molar-refractivity contribution in [1.29, 1.82) is 0 Å². The first-order chi connectivity index (χ1) is 12.5. The topological polar surface area (TPSA) is 81.3 Å². The largest absolute Gasteiger partial charge is 0.337 e. The van der Waals surface area contributed by atoms with Gasteiger partial charge in [0, 0.05) is 31.9 Å². The van der Waals surface area contributed by atoms with E-state index in [1.807, 2.05) is 13.0 Å². The summed E-state index contributed by atoms with van der Waals surface area (Å²) < 4.78 is 13.8. The fourth-order valence-corrected chi connectivity index (χ4v) is 2.97. The number of amides is 3. The summed E-state index contributed by atoms with van der Waals surface area (Å²) in [6.07, 6.45) is 0.648. The van der Waals surface area contributed by atoms with Gasteiger partial charge in [-0.2, -0.15) is 5.10 Å². The summed E-state index contributed by atoms with van der Waals surface area (Å²) in [5, 5.41) is 9.75. The van der Waals surface area contributed by atoms with Gasteiger partial charge in [-0.15, -0.1) is 0 Å². The smallest absolute Gasteiger partial charge is 0.317 e. The van der Waals surface area contributed by atoms with E-state index in [0.717, 1.165) is 11.4 Å². The van der Waals surface area contributed by atoms with Gasteiger partial charge in [0.25, 0.3) is 5.91 Å². The molecule has 1 aliphatic rings. The van der Waals surface area contributed by atoms with E-state index in [1.165, 1.54) is 12.1 Å². The fraction of sp³-hybridized carbons (Fsp3) is 0.389. The highest BCUT2D eigenvalue weighted by Crippen LogP contribution is 2.12. The highest BCUT2D eigenvalue weighted by Gasteiger charge is 2.24. The number of nitrogens with zero attached hydrogens (tertiary/aromatic N) is 3. The van der Waals surface area contributed by atoms with Crippen LogP contribution < -0.4 is 5.32 Å². The second kappa shape index (κ2) is 7.99. The molecular formula is C18H22FN5O2. The molecule has 7 nitrogen and oxygen atoms in total. The maximum Gasteiger partial charge on any atom is 0.317 e. The first-order valence-electron chi connectivity index (χ1n) is 8.62. The molecule has 138 valence electrons. The molecule has 0 radical (unpaired) electrons. The molecule has 0 spiro atoms. The predicted octanol–water partition coefficient (Wildman–Crippen LogP) is 1.91. The molecule has 0 atom stereocenters. The van der Waals surface area contributed by atoms with E-state index in [-0.39, 0.29) is 17.5 Å². The van der Waals surface area contributed by atoms with Gasteiger partial charge in [0.1, 0.15) is 5.82 Å². The number of urea groups is 1. The van der Waals surface area contributed by atoms with E-state index >= 15 is 0 Å². The predicted molar refractivity (Wildman–Crippen MR) is 94.1 cm³/mol. The summed E-state index contributed by atoms with van der Waals surface area (Å²) in [5.74, 6) is -0.858. The Morgan fingerprint density at radius 3 is 2.65 bits per heavy atom. The SMILES string of the molecule is Cc1cc(CNC(=O)N2CCCN(C(=O)c3ccccc3F)CC2)n[nH]1. The Morgan fingerprint density at radius 1 is 1.19 bits per heavy atom. The van der Waals surface area contributed by atoms with Crippen LogP contribution in [0.5, 0.6) is 0 Å². The second-order valence-electron chi connectivity index (χ2n) is 6.31. The first-order valence-corrected chi connectivity index (χ1v) is 8.62. The van der Waals surface area contributed by atoms with Gasteiger partial charge in [-0.25, -0.2) is 9.18 Å². The summed E-state index contributed by atoms with van der Waals surface area (Å²) >= 11 is 0. The Morgan fingerprint density at radius 2 is 1.92 bits per heavy atom. The van der Waals surface area contributed by atoms with Gasteiger partial charge in [-0.1, -0.05) is 12.1 Å². The first kappa shape index (κ1) is 17.9. The Bertz CT molecular complexity index is 791. The molecule has 2 N–H and O–H groups in total. The van der Waals surface area contributed by atoms with Crippen molar-refractivity contribution >= 4 is 11.9 Å². The van der Waals surface area contributed by atoms with Crippen LogP contribution in [0.25, 0.3) is 0 Å². The molecule has 1 saturated heterocycles. The van der Waals surface area contributed by atoms with Crippen molar-refractivity contribution in [3.63, 3.8) is 0 Å². The van der Waals surface area contributed by atoms with E-state index in [2.05, 4.69) is 15.5 Å². The summed E-state index contributed by atoms with van der Waals surface area (Å²) in [7, 11) is 0. The standard InChI is InChI=1S/C18H22FN5O2/c1-13-11-14(22-21-13)12-20-18(26)24-8-4-7-23(9-10-24)17(25)15-5-2-3-6-16(15)19/h2-3,5-6,11H,4,7-10,12H2,1H3,(H,20,26)(H,21,22). The maximum atomic E-state index is 13.8. The maximum absolute atomic E-state index is 13.8. The van der Waals surface area contributed by atoms with E-state index in [4.69, 9.17) is 0 Å². The molecule has 0 aliphatic carbocycles. The van der Waals surface area contributed by atoms with Gasteiger partial charge in [0.2, 0.25) is 0 Å². The number of aromatic nitrogens is 2. The molecule has 0 saturated carbocycles. The number of rotatable bonds is 3. The van der Waals surface area contributed by atoms with Gasteiger partial charge in [-0.3, -0.25) is 9.89 Å². The molecular weight excluding hydrogens is 337 g/mol. The third-order valence-electron chi connectivity index (χ3n) is 4.35. The minimum absolute atomic E-state index is 0.0688. The van der Waals surface area contributed by atoms with Crippen LogP contribution in [0, 0.1) is 12.7 Å². The molecule has 2 aromatic rings. The average Bonchev–Trinajstić information content (AvgIpc) is 2.90. The zero-order chi connectivity index (χ0) is 18.5. The lowest BCUT2D eigenvalue weighted by molar-refractivity contribution is 0.0757. The van der Waals surface area contributed by atoms with Crippen LogP contribution in [0.15, 0.2) is 30.3 Å². The van der Waals surface area contributed by atoms with Gasteiger partial charge in [-0.05, 0) is 31.5 Å². The summed E-state index contributed by atoms with van der Waals surface area (Å²) in [4.78, 5) is 28.1. The number of benzene rings is 1. The number of carbonyl (C=O) groups excluding carboxylic acids is 2. The van der Waals surface area contributed by atoms with Gasteiger partial charge >= 0.3 is 6.03 Å². The Balaban J connectivity index is 1.55. The van der Waals surface area contributed by atoms with Crippen molar-refractivity contribution in [2.24, 2.45) is 0 Å². The minimum Gasteiger partial charge on any atom is -0.337 e. The zero-order valence-electron chi connectivity index (χ0n) is 14.7. The molecule has 2 heterocycles. The number of hydrogen-bond donors (Lipinski definition) is 2. The lowest BCUT2D eigenvalue weighted by Crippen LogP contribution is -2.42. The Hall–Kier alpha value is -2.90. The van der Waals surface area contributed by atoms with Gasteiger partial charge in [0.15, 0.2) is 0 Å². The number of hydrogen-bond acceptors (Lipinski definition) is 3. The van der Waals surface area contributed by atoms with Crippen LogP contribution in [-0.4, -0.2) is 58.1 Å². The van der Waals surface area contributed by atoms with Crippen LogP contribution in [-0.2, 0) is 6.54 Å². The van der Waals surface area contributed by atoms with Crippen molar-refractivity contribution in [2.45, 2.75) is 19.9 Å². The molecule has 3 amide bonds. The molecule has 1 aromatic carbocycles. The number of nitrogens with one attached hydrogen (secondary N) is 2. The van der Waals surface area contributed by atoms with Crippen LogP contribution in [0.1, 0.15) is 28.2 Å². The molecule has 26 heavy (non-hydrogen) atoms. The number of H-pyrrole nitrogens is 1. The van der Waals surface area contributed by atoms with E-state index in [9.17, 15) is 14.0 Å². The van der Waals surface area contributed by atoms with Crippen LogP contribution in [0.2, 0.25) is 0 Å². The van der Waals surface area contributed by atoms with Gasteiger partial charge in [0.05, 0.1) is 17.8 Å².